The Bertz CT molecular complexity index is 775. The molecule has 156 valence electrons. The van der Waals surface area contributed by atoms with Gasteiger partial charge in [0.2, 0.25) is 0 Å². The minimum Gasteiger partial charge on any atom is -0.383 e. The smallest absolute Gasteiger partial charge is 0.180 e. The van der Waals surface area contributed by atoms with E-state index in [2.05, 4.69) is 35.9 Å². The van der Waals surface area contributed by atoms with E-state index in [4.69, 9.17) is 4.74 Å². The molecule has 29 heavy (non-hydrogen) atoms. The molecule has 2 aliphatic rings. The van der Waals surface area contributed by atoms with Crippen LogP contribution in [0.25, 0.3) is 11.5 Å². The predicted octanol–water partition coefficient (Wildman–Crippen LogP) is 2.71. The highest BCUT2D eigenvalue weighted by molar-refractivity contribution is 5.56. The van der Waals surface area contributed by atoms with Gasteiger partial charge in [0.1, 0.15) is 23.7 Å². The Labute approximate surface area is 172 Å². The molecule has 0 radical (unpaired) electrons. The Balaban J connectivity index is 1.31. The van der Waals surface area contributed by atoms with E-state index in [9.17, 15) is 0 Å². The van der Waals surface area contributed by atoms with E-state index in [0.717, 1.165) is 68.6 Å². The van der Waals surface area contributed by atoms with Gasteiger partial charge in [-0.25, -0.2) is 19.9 Å². The molecule has 0 saturated heterocycles. The molecular formula is C21H31N7O. The first-order valence-electron chi connectivity index (χ1n) is 10.7. The maximum absolute atomic E-state index is 5.11. The molecule has 0 spiro atoms. The highest BCUT2D eigenvalue weighted by atomic mass is 16.5. The van der Waals surface area contributed by atoms with Crippen molar-refractivity contribution < 1.29 is 4.74 Å². The van der Waals surface area contributed by atoms with Crippen LogP contribution in [0.3, 0.4) is 0 Å². The molecule has 0 aliphatic heterocycles. The number of methoxy groups -OCH3 is 1. The number of nitrogens with one attached hydrogen (secondary N) is 3. The SMILES string of the molecule is COCCNC1CCC(Nc2cc(-c3nccc(NCC4CC4)n3)ncn2)CC1. The van der Waals surface area contributed by atoms with Gasteiger partial charge in [0.05, 0.1) is 6.61 Å². The number of nitrogens with zero attached hydrogens (tertiary/aromatic N) is 4. The molecule has 2 aliphatic carbocycles. The number of aromatic nitrogens is 4. The summed E-state index contributed by atoms with van der Waals surface area (Å²) in [7, 11) is 1.74. The molecule has 3 N–H and O–H groups in total. The van der Waals surface area contributed by atoms with Crippen LogP contribution in [-0.2, 0) is 4.74 Å². The van der Waals surface area contributed by atoms with Crippen molar-refractivity contribution in [1.82, 2.24) is 25.3 Å². The van der Waals surface area contributed by atoms with Gasteiger partial charge in [-0.1, -0.05) is 0 Å². The first kappa shape index (κ1) is 20.0. The molecule has 8 nitrogen and oxygen atoms in total. The van der Waals surface area contributed by atoms with Crippen LogP contribution in [0.15, 0.2) is 24.7 Å². The molecule has 2 heterocycles. The van der Waals surface area contributed by atoms with Crippen LogP contribution in [0, 0.1) is 5.92 Å². The second kappa shape index (κ2) is 9.93. The third-order valence-corrected chi connectivity index (χ3v) is 5.64. The van der Waals surface area contributed by atoms with E-state index in [1.165, 1.54) is 12.8 Å². The molecule has 4 rings (SSSR count). The molecule has 0 unspecified atom stereocenters. The Morgan fingerprint density at radius 1 is 1.00 bits per heavy atom. The summed E-state index contributed by atoms with van der Waals surface area (Å²) < 4.78 is 5.11. The summed E-state index contributed by atoms with van der Waals surface area (Å²) in [6.07, 6.45) is 10.6. The van der Waals surface area contributed by atoms with Crippen molar-refractivity contribution in [1.29, 1.82) is 0 Å². The fourth-order valence-electron chi connectivity index (χ4n) is 3.73. The Hall–Kier alpha value is -2.32. The van der Waals surface area contributed by atoms with Crippen LogP contribution >= 0.6 is 0 Å². The summed E-state index contributed by atoms with van der Waals surface area (Å²) in [6, 6.07) is 4.88. The standard InChI is InChI=1S/C21H31N7O/c1-29-11-10-22-16-4-6-17(7-5-16)27-20-12-18(25-14-26-20)21-23-9-8-19(28-21)24-13-15-2-3-15/h8-9,12,14-17,22H,2-7,10-11,13H2,1H3,(H,23,24,28)(H,25,26,27). The number of ether oxygens (including phenoxy) is 1. The van der Waals surface area contributed by atoms with Gasteiger partial charge in [-0.2, -0.15) is 0 Å². The Morgan fingerprint density at radius 2 is 1.83 bits per heavy atom. The lowest BCUT2D eigenvalue weighted by molar-refractivity contribution is 0.191. The Kier molecular flexibility index (Phi) is 6.84. The number of hydrogen-bond donors (Lipinski definition) is 3. The lowest BCUT2D eigenvalue weighted by Gasteiger charge is -2.30. The van der Waals surface area contributed by atoms with Crippen molar-refractivity contribution >= 4 is 11.6 Å². The lowest BCUT2D eigenvalue weighted by atomic mass is 9.91. The van der Waals surface area contributed by atoms with Crippen molar-refractivity contribution in [3.63, 3.8) is 0 Å². The first-order chi connectivity index (χ1) is 14.3. The zero-order chi connectivity index (χ0) is 19.9. The first-order valence-corrected chi connectivity index (χ1v) is 10.7. The van der Waals surface area contributed by atoms with Gasteiger partial charge in [-0.3, -0.25) is 0 Å². The van der Waals surface area contributed by atoms with Crippen molar-refractivity contribution in [2.75, 3.05) is 37.4 Å². The van der Waals surface area contributed by atoms with E-state index in [1.54, 1.807) is 19.6 Å². The molecule has 0 atom stereocenters. The summed E-state index contributed by atoms with van der Waals surface area (Å²) in [6.45, 7) is 2.67. The third kappa shape index (κ3) is 6.08. The topological polar surface area (TPSA) is 96.9 Å². The van der Waals surface area contributed by atoms with E-state index in [-0.39, 0.29) is 0 Å². The summed E-state index contributed by atoms with van der Waals surface area (Å²) in [4.78, 5) is 17.8. The third-order valence-electron chi connectivity index (χ3n) is 5.64. The van der Waals surface area contributed by atoms with Gasteiger partial charge in [-0.05, 0) is 50.5 Å². The van der Waals surface area contributed by atoms with E-state index < -0.39 is 0 Å². The van der Waals surface area contributed by atoms with Crippen LogP contribution in [0.5, 0.6) is 0 Å². The molecule has 0 aromatic carbocycles. The number of hydrogen-bond acceptors (Lipinski definition) is 8. The molecule has 2 aromatic rings. The van der Waals surface area contributed by atoms with E-state index in [1.807, 2.05) is 12.1 Å². The van der Waals surface area contributed by atoms with E-state index in [0.29, 0.717) is 17.9 Å². The molecule has 0 bridgehead atoms. The second-order valence-corrected chi connectivity index (χ2v) is 8.02. The van der Waals surface area contributed by atoms with E-state index >= 15 is 0 Å². The number of rotatable bonds is 10. The van der Waals surface area contributed by atoms with Gasteiger partial charge in [0.25, 0.3) is 0 Å². The van der Waals surface area contributed by atoms with Crippen molar-refractivity contribution in [3.8, 4) is 11.5 Å². The quantitative estimate of drug-likeness (QED) is 0.527. The molecule has 2 saturated carbocycles. The minimum absolute atomic E-state index is 0.436. The zero-order valence-corrected chi connectivity index (χ0v) is 17.1. The van der Waals surface area contributed by atoms with Gasteiger partial charge in [-0.15, -0.1) is 0 Å². The predicted molar refractivity (Wildman–Crippen MR) is 114 cm³/mol. The molecule has 0 amide bonds. The molecule has 2 fully saturated rings. The zero-order valence-electron chi connectivity index (χ0n) is 17.1. The molecule has 2 aromatic heterocycles. The van der Waals surface area contributed by atoms with Crippen LogP contribution in [-0.4, -0.2) is 58.8 Å². The van der Waals surface area contributed by atoms with Gasteiger partial charge >= 0.3 is 0 Å². The van der Waals surface area contributed by atoms with Crippen LogP contribution in [0.1, 0.15) is 38.5 Å². The van der Waals surface area contributed by atoms with Crippen LogP contribution in [0.2, 0.25) is 0 Å². The summed E-state index contributed by atoms with van der Waals surface area (Å²) >= 11 is 0. The summed E-state index contributed by atoms with van der Waals surface area (Å²) in [5, 5.41) is 10.5. The summed E-state index contributed by atoms with van der Waals surface area (Å²) in [5.74, 6) is 3.12. The number of anilines is 2. The van der Waals surface area contributed by atoms with Gasteiger partial charge in [0.15, 0.2) is 5.82 Å². The monoisotopic (exact) mass is 397 g/mol. The largest absolute Gasteiger partial charge is 0.383 e. The minimum atomic E-state index is 0.436. The van der Waals surface area contributed by atoms with Crippen LogP contribution in [0.4, 0.5) is 11.6 Å². The Morgan fingerprint density at radius 3 is 2.62 bits per heavy atom. The normalized spacial score (nSPS) is 21.7. The van der Waals surface area contributed by atoms with Gasteiger partial charge in [0, 0.05) is 44.5 Å². The van der Waals surface area contributed by atoms with Crippen molar-refractivity contribution in [2.45, 2.75) is 50.6 Å². The lowest BCUT2D eigenvalue weighted by Crippen LogP contribution is -2.38. The fraction of sp³-hybridized carbons (Fsp3) is 0.619. The summed E-state index contributed by atoms with van der Waals surface area (Å²) in [5.41, 5.74) is 0.743. The maximum atomic E-state index is 5.11. The molecular weight excluding hydrogens is 366 g/mol. The highest BCUT2D eigenvalue weighted by Gasteiger charge is 2.22. The average Bonchev–Trinajstić information content (AvgIpc) is 3.59. The maximum Gasteiger partial charge on any atom is 0.180 e. The molecule has 8 heteroatoms. The highest BCUT2D eigenvalue weighted by Crippen LogP contribution is 2.29. The average molecular weight is 398 g/mol. The van der Waals surface area contributed by atoms with Crippen molar-refractivity contribution in [2.24, 2.45) is 5.92 Å². The second-order valence-electron chi connectivity index (χ2n) is 8.02. The van der Waals surface area contributed by atoms with Gasteiger partial charge < -0.3 is 20.7 Å². The van der Waals surface area contributed by atoms with Crippen LogP contribution < -0.4 is 16.0 Å². The van der Waals surface area contributed by atoms with Crippen molar-refractivity contribution in [3.05, 3.63) is 24.7 Å². The fourth-order valence-corrected chi connectivity index (χ4v) is 3.73.